The van der Waals surface area contributed by atoms with Gasteiger partial charge in [0, 0.05) is 7.11 Å². The van der Waals surface area contributed by atoms with Crippen LogP contribution in [0.1, 0.15) is 13.8 Å². The molecule has 0 aliphatic carbocycles. The maximum Gasteiger partial charge on any atom is 0.178 e. The molecule has 2 aromatic rings. The lowest BCUT2D eigenvalue weighted by molar-refractivity contribution is 0.111. The maximum atomic E-state index is 5.37. The van der Waals surface area contributed by atoms with Crippen molar-refractivity contribution in [1.82, 2.24) is 9.55 Å². The van der Waals surface area contributed by atoms with Crippen LogP contribution >= 0.6 is 12.2 Å². The number of fused-ring (bicyclic) bond motifs is 1. The molecule has 3 nitrogen and oxygen atoms in total. The van der Waals surface area contributed by atoms with E-state index in [4.69, 9.17) is 17.0 Å². The Kier molecular flexibility index (Phi) is 2.86. The highest BCUT2D eigenvalue weighted by molar-refractivity contribution is 7.71. The van der Waals surface area contributed by atoms with Gasteiger partial charge in [0.15, 0.2) is 4.77 Å². The second kappa shape index (κ2) is 4.03. The van der Waals surface area contributed by atoms with E-state index in [-0.39, 0.29) is 5.54 Å². The minimum absolute atomic E-state index is 0.147. The van der Waals surface area contributed by atoms with Crippen LogP contribution < -0.4 is 0 Å². The fourth-order valence-corrected chi connectivity index (χ4v) is 2.53. The lowest BCUT2D eigenvalue weighted by Gasteiger charge is -2.26. The molecule has 2 rings (SSSR count). The molecule has 0 aliphatic heterocycles. The van der Waals surface area contributed by atoms with Crippen LogP contribution in [0.5, 0.6) is 0 Å². The van der Waals surface area contributed by atoms with Gasteiger partial charge in [0.1, 0.15) is 0 Å². The van der Waals surface area contributed by atoms with Crippen molar-refractivity contribution in [3.63, 3.8) is 0 Å². The molecule has 1 N–H and O–H groups in total. The normalized spacial score (nSPS) is 12.2. The number of H-pyrrole nitrogens is 1. The summed E-state index contributed by atoms with van der Waals surface area (Å²) in [6.07, 6.45) is 0. The van der Waals surface area contributed by atoms with E-state index in [1.165, 1.54) is 0 Å². The Morgan fingerprint density at radius 2 is 2.06 bits per heavy atom. The van der Waals surface area contributed by atoms with Gasteiger partial charge in [-0.2, -0.15) is 0 Å². The fourth-order valence-electron chi connectivity index (χ4n) is 2.07. The number of para-hydroxylation sites is 2. The van der Waals surface area contributed by atoms with E-state index in [1.54, 1.807) is 7.11 Å². The number of ether oxygens (including phenoxy) is 1. The molecular formula is C12H16N2OS. The van der Waals surface area contributed by atoms with E-state index in [9.17, 15) is 0 Å². The predicted molar refractivity (Wildman–Crippen MR) is 68.3 cm³/mol. The molecule has 1 heterocycles. The van der Waals surface area contributed by atoms with Crippen LogP contribution in [0, 0.1) is 4.77 Å². The Labute approximate surface area is 100 Å². The average Bonchev–Trinajstić information content (AvgIpc) is 2.53. The minimum Gasteiger partial charge on any atom is -0.382 e. The van der Waals surface area contributed by atoms with E-state index in [2.05, 4.69) is 29.5 Å². The predicted octanol–water partition coefficient (Wildman–Crippen LogP) is 3.08. The molecule has 1 aromatic carbocycles. The molecule has 0 saturated carbocycles. The van der Waals surface area contributed by atoms with E-state index >= 15 is 0 Å². The zero-order chi connectivity index (χ0) is 11.8. The zero-order valence-corrected chi connectivity index (χ0v) is 10.6. The van der Waals surface area contributed by atoms with Crippen LogP contribution in [0.2, 0.25) is 0 Å². The number of methoxy groups -OCH3 is 1. The fraction of sp³-hybridized carbons (Fsp3) is 0.417. The molecule has 0 fully saturated rings. The number of aromatic nitrogens is 2. The van der Waals surface area contributed by atoms with Gasteiger partial charge in [0.2, 0.25) is 0 Å². The summed E-state index contributed by atoms with van der Waals surface area (Å²) < 4.78 is 8.10. The first-order valence-corrected chi connectivity index (χ1v) is 5.66. The van der Waals surface area contributed by atoms with Crippen LogP contribution in [0.15, 0.2) is 24.3 Å². The molecule has 0 unspecified atom stereocenters. The second-order valence-electron chi connectivity index (χ2n) is 4.53. The lowest BCUT2D eigenvalue weighted by Crippen LogP contribution is -2.31. The van der Waals surface area contributed by atoms with Crippen molar-refractivity contribution < 1.29 is 4.74 Å². The van der Waals surface area contributed by atoms with Gasteiger partial charge in [0.25, 0.3) is 0 Å². The van der Waals surface area contributed by atoms with Gasteiger partial charge in [-0.25, -0.2) is 0 Å². The van der Waals surface area contributed by atoms with Gasteiger partial charge in [-0.15, -0.1) is 0 Å². The maximum absolute atomic E-state index is 5.37. The Hall–Kier alpha value is -1.13. The van der Waals surface area contributed by atoms with Crippen molar-refractivity contribution in [3.05, 3.63) is 29.0 Å². The number of hydrogen-bond acceptors (Lipinski definition) is 2. The molecule has 16 heavy (non-hydrogen) atoms. The highest BCUT2D eigenvalue weighted by atomic mass is 32.1. The molecule has 0 radical (unpaired) electrons. The molecule has 4 heteroatoms. The standard InChI is InChI=1S/C12H16N2OS/c1-12(2,8-15-3)14-10-7-5-4-6-9(10)13-11(14)16/h4-7H,8H2,1-3H3,(H,13,16). The summed E-state index contributed by atoms with van der Waals surface area (Å²) in [5.41, 5.74) is 2.04. The lowest BCUT2D eigenvalue weighted by atomic mass is 10.1. The first kappa shape index (κ1) is 11.4. The van der Waals surface area contributed by atoms with E-state index in [0.717, 1.165) is 15.8 Å². The summed E-state index contributed by atoms with van der Waals surface area (Å²) in [5.74, 6) is 0. The van der Waals surface area contributed by atoms with Gasteiger partial charge in [-0.1, -0.05) is 12.1 Å². The number of nitrogens with one attached hydrogen (secondary N) is 1. The van der Waals surface area contributed by atoms with Gasteiger partial charge >= 0.3 is 0 Å². The number of nitrogens with zero attached hydrogens (tertiary/aromatic N) is 1. The van der Waals surface area contributed by atoms with E-state index < -0.39 is 0 Å². The SMILES string of the molecule is COCC(C)(C)n1c(=S)[nH]c2ccccc21. The largest absolute Gasteiger partial charge is 0.382 e. The molecule has 0 bridgehead atoms. The number of imidazole rings is 1. The average molecular weight is 236 g/mol. The molecule has 0 amide bonds. The van der Waals surface area contributed by atoms with Crippen molar-refractivity contribution in [2.45, 2.75) is 19.4 Å². The van der Waals surface area contributed by atoms with Crippen LogP contribution in [0.4, 0.5) is 0 Å². The molecule has 0 spiro atoms. The van der Waals surface area contributed by atoms with E-state index in [1.807, 2.05) is 18.2 Å². The highest BCUT2D eigenvalue weighted by Gasteiger charge is 2.23. The van der Waals surface area contributed by atoms with Crippen molar-refractivity contribution in [1.29, 1.82) is 0 Å². The number of hydrogen-bond donors (Lipinski definition) is 1. The first-order valence-electron chi connectivity index (χ1n) is 5.25. The molecule has 1 aromatic heterocycles. The molecule has 0 atom stereocenters. The van der Waals surface area contributed by atoms with Gasteiger partial charge in [-0.05, 0) is 38.2 Å². The summed E-state index contributed by atoms with van der Waals surface area (Å²) in [5, 5.41) is 0. The van der Waals surface area contributed by atoms with Crippen molar-refractivity contribution in [2.24, 2.45) is 0 Å². The summed E-state index contributed by atoms with van der Waals surface area (Å²) in [6, 6.07) is 8.12. The number of benzene rings is 1. The first-order chi connectivity index (χ1) is 7.56. The Morgan fingerprint density at radius 1 is 1.38 bits per heavy atom. The van der Waals surface area contributed by atoms with Crippen LogP contribution in [-0.4, -0.2) is 23.3 Å². The van der Waals surface area contributed by atoms with Crippen LogP contribution in [0.3, 0.4) is 0 Å². The Morgan fingerprint density at radius 3 is 2.75 bits per heavy atom. The van der Waals surface area contributed by atoms with Crippen LogP contribution in [0.25, 0.3) is 11.0 Å². The van der Waals surface area contributed by atoms with Gasteiger partial charge in [0.05, 0.1) is 23.2 Å². The Balaban J connectivity index is 2.68. The monoisotopic (exact) mass is 236 g/mol. The Bertz CT molecular complexity index is 553. The zero-order valence-electron chi connectivity index (χ0n) is 9.78. The minimum atomic E-state index is -0.147. The van der Waals surface area contributed by atoms with Gasteiger partial charge in [-0.3, -0.25) is 0 Å². The molecular weight excluding hydrogens is 220 g/mol. The van der Waals surface area contributed by atoms with Crippen molar-refractivity contribution in [3.8, 4) is 0 Å². The molecule has 0 aliphatic rings. The third kappa shape index (κ3) is 1.79. The summed E-state index contributed by atoms with van der Waals surface area (Å²) in [7, 11) is 1.71. The van der Waals surface area contributed by atoms with Crippen molar-refractivity contribution >= 4 is 23.3 Å². The highest BCUT2D eigenvalue weighted by Crippen LogP contribution is 2.23. The molecule has 86 valence electrons. The summed E-state index contributed by atoms with van der Waals surface area (Å²) in [4.78, 5) is 3.21. The quantitative estimate of drug-likeness (QED) is 0.830. The van der Waals surface area contributed by atoms with Gasteiger partial charge < -0.3 is 14.3 Å². The van der Waals surface area contributed by atoms with Crippen LogP contribution in [-0.2, 0) is 10.3 Å². The van der Waals surface area contributed by atoms with E-state index in [0.29, 0.717) is 6.61 Å². The number of rotatable bonds is 3. The summed E-state index contributed by atoms with van der Waals surface area (Å²) in [6.45, 7) is 4.86. The second-order valence-corrected chi connectivity index (χ2v) is 4.91. The number of aromatic amines is 1. The third-order valence-corrected chi connectivity index (χ3v) is 2.98. The summed E-state index contributed by atoms with van der Waals surface area (Å²) >= 11 is 5.37. The third-order valence-electron chi connectivity index (χ3n) is 2.69. The topological polar surface area (TPSA) is 29.9 Å². The van der Waals surface area contributed by atoms with Crippen molar-refractivity contribution in [2.75, 3.05) is 13.7 Å². The molecule has 0 saturated heterocycles. The smallest absolute Gasteiger partial charge is 0.178 e.